The fourth-order valence-electron chi connectivity index (χ4n) is 2.89. The van der Waals surface area contributed by atoms with Crippen molar-refractivity contribution in [2.75, 3.05) is 5.32 Å². The molecular weight excluding hydrogens is 405 g/mol. The molecule has 0 unspecified atom stereocenters. The van der Waals surface area contributed by atoms with E-state index in [9.17, 15) is 19.3 Å². The van der Waals surface area contributed by atoms with Crippen LogP contribution in [0.25, 0.3) is 21.7 Å². The SMILES string of the molecule is O=C(Nc1nc(-c2ccc([N+](=O)[O-])cc2)c(-c2ccccc2)s1)c1cccc(F)c1. The van der Waals surface area contributed by atoms with Gasteiger partial charge < -0.3 is 0 Å². The molecule has 0 bridgehead atoms. The molecule has 4 aromatic rings. The predicted octanol–water partition coefficient (Wildman–Crippen LogP) is 5.78. The van der Waals surface area contributed by atoms with Gasteiger partial charge in [-0.25, -0.2) is 9.37 Å². The van der Waals surface area contributed by atoms with Crippen molar-refractivity contribution in [1.29, 1.82) is 0 Å². The molecule has 1 aromatic heterocycles. The predicted molar refractivity (Wildman–Crippen MR) is 114 cm³/mol. The van der Waals surface area contributed by atoms with E-state index in [0.717, 1.165) is 16.5 Å². The maximum absolute atomic E-state index is 13.4. The van der Waals surface area contributed by atoms with Gasteiger partial charge in [0.15, 0.2) is 5.13 Å². The fraction of sp³-hybridized carbons (Fsp3) is 0. The molecule has 0 fully saturated rings. The molecule has 30 heavy (non-hydrogen) atoms. The van der Waals surface area contributed by atoms with Crippen LogP contribution in [-0.2, 0) is 0 Å². The van der Waals surface area contributed by atoms with Crippen molar-refractivity contribution in [1.82, 2.24) is 4.98 Å². The van der Waals surface area contributed by atoms with Crippen molar-refractivity contribution in [3.63, 3.8) is 0 Å². The zero-order chi connectivity index (χ0) is 21.1. The molecule has 0 aliphatic carbocycles. The topological polar surface area (TPSA) is 85.1 Å². The molecule has 1 heterocycles. The minimum atomic E-state index is -0.502. The highest BCUT2D eigenvalue weighted by Gasteiger charge is 2.18. The summed E-state index contributed by atoms with van der Waals surface area (Å²) >= 11 is 1.27. The number of thiazole rings is 1. The molecular formula is C22H14FN3O3S. The molecule has 0 saturated heterocycles. The van der Waals surface area contributed by atoms with Gasteiger partial charge in [0.1, 0.15) is 5.82 Å². The van der Waals surface area contributed by atoms with Crippen LogP contribution in [0.15, 0.2) is 78.9 Å². The van der Waals surface area contributed by atoms with Gasteiger partial charge in [-0.1, -0.05) is 47.7 Å². The number of anilines is 1. The van der Waals surface area contributed by atoms with Crippen LogP contribution in [0.4, 0.5) is 15.2 Å². The van der Waals surface area contributed by atoms with E-state index < -0.39 is 16.6 Å². The molecule has 1 N–H and O–H groups in total. The lowest BCUT2D eigenvalue weighted by Crippen LogP contribution is -2.11. The zero-order valence-electron chi connectivity index (χ0n) is 15.4. The maximum atomic E-state index is 13.4. The number of nitro groups is 1. The van der Waals surface area contributed by atoms with E-state index in [0.29, 0.717) is 16.4 Å². The molecule has 0 radical (unpaired) electrons. The van der Waals surface area contributed by atoms with E-state index >= 15 is 0 Å². The Hall–Kier alpha value is -3.91. The van der Waals surface area contributed by atoms with E-state index in [4.69, 9.17) is 0 Å². The number of rotatable bonds is 5. The molecule has 3 aromatic carbocycles. The second-order valence-corrected chi connectivity index (χ2v) is 7.33. The summed E-state index contributed by atoms with van der Waals surface area (Å²) in [6.07, 6.45) is 0. The van der Waals surface area contributed by atoms with Gasteiger partial charge >= 0.3 is 0 Å². The molecule has 0 atom stereocenters. The van der Waals surface area contributed by atoms with Crippen molar-refractivity contribution >= 4 is 28.1 Å². The van der Waals surface area contributed by atoms with Gasteiger partial charge in [0.2, 0.25) is 0 Å². The van der Waals surface area contributed by atoms with Gasteiger partial charge in [0.05, 0.1) is 15.5 Å². The van der Waals surface area contributed by atoms with Gasteiger partial charge in [0.25, 0.3) is 11.6 Å². The van der Waals surface area contributed by atoms with E-state index in [1.54, 1.807) is 12.1 Å². The number of nitrogens with one attached hydrogen (secondary N) is 1. The number of hydrogen-bond donors (Lipinski definition) is 1. The molecule has 0 aliphatic heterocycles. The number of carbonyl (C=O) groups excluding carboxylic acids is 1. The highest BCUT2D eigenvalue weighted by atomic mass is 32.1. The quantitative estimate of drug-likeness (QED) is 0.328. The third-order valence-electron chi connectivity index (χ3n) is 4.32. The second kappa shape index (κ2) is 8.22. The number of halogens is 1. The van der Waals surface area contributed by atoms with Crippen LogP contribution >= 0.6 is 11.3 Å². The van der Waals surface area contributed by atoms with Crippen molar-refractivity contribution in [2.45, 2.75) is 0 Å². The van der Waals surface area contributed by atoms with E-state index in [2.05, 4.69) is 10.3 Å². The largest absolute Gasteiger partial charge is 0.298 e. The summed E-state index contributed by atoms with van der Waals surface area (Å²) in [5.41, 5.74) is 2.34. The van der Waals surface area contributed by atoms with E-state index in [1.165, 1.54) is 41.7 Å². The molecule has 1 amide bonds. The van der Waals surface area contributed by atoms with Crippen LogP contribution < -0.4 is 5.32 Å². The van der Waals surface area contributed by atoms with Crippen molar-refractivity contribution in [3.8, 4) is 21.7 Å². The summed E-state index contributed by atoms with van der Waals surface area (Å²) in [6.45, 7) is 0. The number of amides is 1. The van der Waals surface area contributed by atoms with E-state index in [1.807, 2.05) is 30.3 Å². The number of non-ortho nitro benzene ring substituents is 1. The number of carbonyl (C=O) groups is 1. The average molecular weight is 419 g/mol. The van der Waals surface area contributed by atoms with Crippen molar-refractivity contribution < 1.29 is 14.1 Å². The Bertz CT molecular complexity index is 1220. The molecule has 148 valence electrons. The summed E-state index contributed by atoms with van der Waals surface area (Å²) < 4.78 is 13.4. The summed E-state index contributed by atoms with van der Waals surface area (Å²) in [5.74, 6) is -0.976. The summed E-state index contributed by atoms with van der Waals surface area (Å²) in [5, 5.41) is 14.0. The van der Waals surface area contributed by atoms with Gasteiger partial charge in [0, 0.05) is 23.3 Å². The number of aromatic nitrogens is 1. The van der Waals surface area contributed by atoms with Crippen LogP contribution in [0.3, 0.4) is 0 Å². The Kier molecular flexibility index (Phi) is 5.32. The standard InChI is InChI=1S/C22H14FN3O3S/c23-17-8-4-7-16(13-17)21(27)25-22-24-19(14-9-11-18(12-10-14)26(28)29)20(30-22)15-5-2-1-3-6-15/h1-13H,(H,24,25,27). The third-order valence-corrected chi connectivity index (χ3v) is 5.34. The lowest BCUT2D eigenvalue weighted by atomic mass is 10.1. The number of nitrogens with zero attached hydrogens (tertiary/aromatic N) is 2. The molecule has 0 aliphatic rings. The molecule has 8 heteroatoms. The smallest absolute Gasteiger partial charge is 0.269 e. The fourth-order valence-corrected chi connectivity index (χ4v) is 3.88. The maximum Gasteiger partial charge on any atom is 0.269 e. The lowest BCUT2D eigenvalue weighted by Gasteiger charge is -2.02. The van der Waals surface area contributed by atoms with Crippen molar-refractivity contribution in [3.05, 3.63) is 100 Å². The zero-order valence-corrected chi connectivity index (χ0v) is 16.2. The Labute approximate surface area is 174 Å². The number of benzene rings is 3. The summed E-state index contributed by atoms with van der Waals surface area (Å²) in [6, 6.07) is 21.0. The Balaban J connectivity index is 1.72. The van der Waals surface area contributed by atoms with Gasteiger partial charge in [-0.3, -0.25) is 20.2 Å². The first-order valence-electron chi connectivity index (χ1n) is 8.89. The molecule has 0 saturated carbocycles. The van der Waals surface area contributed by atoms with Gasteiger partial charge in [-0.05, 0) is 35.9 Å². The lowest BCUT2D eigenvalue weighted by molar-refractivity contribution is -0.384. The van der Waals surface area contributed by atoms with E-state index in [-0.39, 0.29) is 11.3 Å². The highest BCUT2D eigenvalue weighted by Crippen LogP contribution is 2.39. The highest BCUT2D eigenvalue weighted by molar-refractivity contribution is 7.19. The first-order valence-corrected chi connectivity index (χ1v) is 9.71. The van der Waals surface area contributed by atoms with Gasteiger partial charge in [-0.15, -0.1) is 0 Å². The van der Waals surface area contributed by atoms with Crippen LogP contribution in [0.1, 0.15) is 10.4 Å². The third kappa shape index (κ3) is 4.08. The van der Waals surface area contributed by atoms with Crippen molar-refractivity contribution in [2.24, 2.45) is 0 Å². The van der Waals surface area contributed by atoms with Crippen LogP contribution in [0.2, 0.25) is 0 Å². The second-order valence-electron chi connectivity index (χ2n) is 6.33. The monoisotopic (exact) mass is 419 g/mol. The Morgan fingerprint density at radius 2 is 1.70 bits per heavy atom. The number of nitro benzene ring substituents is 1. The summed E-state index contributed by atoms with van der Waals surface area (Å²) in [7, 11) is 0. The normalized spacial score (nSPS) is 10.6. The summed E-state index contributed by atoms with van der Waals surface area (Å²) in [4.78, 5) is 28.3. The minimum Gasteiger partial charge on any atom is -0.298 e. The van der Waals surface area contributed by atoms with Crippen LogP contribution in [0, 0.1) is 15.9 Å². The molecule has 6 nitrogen and oxygen atoms in total. The minimum absolute atomic E-state index is 0.0186. The van der Waals surface area contributed by atoms with Crippen LogP contribution in [-0.4, -0.2) is 15.8 Å². The first-order chi connectivity index (χ1) is 14.5. The first kappa shape index (κ1) is 19.4. The average Bonchev–Trinajstić information content (AvgIpc) is 3.18. The Morgan fingerprint density at radius 1 is 0.967 bits per heavy atom. The molecule has 4 rings (SSSR count). The van der Waals surface area contributed by atoms with Gasteiger partial charge in [-0.2, -0.15) is 0 Å². The molecule has 0 spiro atoms. The van der Waals surface area contributed by atoms with Crippen LogP contribution in [0.5, 0.6) is 0 Å². The Morgan fingerprint density at radius 3 is 2.37 bits per heavy atom. The number of hydrogen-bond acceptors (Lipinski definition) is 5.